The second-order valence-electron chi connectivity index (χ2n) is 7.08. The number of carboxylic acid groups (broad SMARTS) is 1. The number of carbonyl (C=O) groups excluding carboxylic acids is 1. The molecule has 1 N–H and O–H groups in total. The molecule has 0 bridgehead atoms. The van der Waals surface area contributed by atoms with Gasteiger partial charge in [-0.25, -0.2) is 14.5 Å². The van der Waals surface area contributed by atoms with Crippen molar-refractivity contribution in [3.05, 3.63) is 24.0 Å². The first-order valence-corrected chi connectivity index (χ1v) is 8.71. The van der Waals surface area contributed by atoms with E-state index in [1.165, 1.54) is 11.1 Å². The molecule has 0 spiro atoms. The van der Waals surface area contributed by atoms with E-state index in [1.54, 1.807) is 24.0 Å². The molecule has 7 nitrogen and oxygen atoms in total. The van der Waals surface area contributed by atoms with Gasteiger partial charge in [0.25, 0.3) is 5.91 Å². The standard InChI is InChI=1S/C18H24N4O3/c1-12(2)22-15-13(11-20-22)9-14(10-19-15)16(23)21(3)18(17(24)25)7-5-4-6-8-18/h9-12H,4-8H2,1-3H3,(H,24,25). The second kappa shape index (κ2) is 6.46. The maximum atomic E-state index is 12.9. The van der Waals surface area contributed by atoms with Crippen LogP contribution in [0.2, 0.25) is 0 Å². The molecule has 3 rings (SSSR count). The molecule has 7 heteroatoms. The van der Waals surface area contributed by atoms with E-state index in [-0.39, 0.29) is 11.9 Å². The van der Waals surface area contributed by atoms with Crippen LogP contribution in [0.5, 0.6) is 0 Å². The fraction of sp³-hybridized carbons (Fsp3) is 0.556. The predicted octanol–water partition coefficient (Wildman–Crippen LogP) is 2.87. The number of aromatic nitrogens is 3. The number of hydrogen-bond donors (Lipinski definition) is 1. The number of rotatable bonds is 4. The van der Waals surface area contributed by atoms with Crippen molar-refractivity contribution in [2.75, 3.05) is 7.05 Å². The first-order valence-electron chi connectivity index (χ1n) is 8.71. The summed E-state index contributed by atoms with van der Waals surface area (Å²) in [7, 11) is 1.59. The van der Waals surface area contributed by atoms with Crippen molar-refractivity contribution in [3.63, 3.8) is 0 Å². The van der Waals surface area contributed by atoms with Crippen LogP contribution in [-0.2, 0) is 4.79 Å². The minimum absolute atomic E-state index is 0.173. The Labute approximate surface area is 146 Å². The molecule has 1 saturated carbocycles. The van der Waals surface area contributed by atoms with Crippen molar-refractivity contribution in [1.82, 2.24) is 19.7 Å². The van der Waals surface area contributed by atoms with Gasteiger partial charge >= 0.3 is 5.97 Å². The van der Waals surface area contributed by atoms with Crippen LogP contribution in [0.3, 0.4) is 0 Å². The van der Waals surface area contributed by atoms with Crippen LogP contribution < -0.4 is 0 Å². The molecular weight excluding hydrogens is 320 g/mol. The lowest BCUT2D eigenvalue weighted by Crippen LogP contribution is -2.56. The first kappa shape index (κ1) is 17.4. The van der Waals surface area contributed by atoms with Gasteiger partial charge in [-0.1, -0.05) is 19.3 Å². The number of aliphatic carboxylic acids is 1. The van der Waals surface area contributed by atoms with Gasteiger partial charge in [0.2, 0.25) is 0 Å². The van der Waals surface area contributed by atoms with Gasteiger partial charge in [-0.2, -0.15) is 5.10 Å². The first-order chi connectivity index (χ1) is 11.9. The van der Waals surface area contributed by atoms with Crippen molar-refractivity contribution in [3.8, 4) is 0 Å². The largest absolute Gasteiger partial charge is 0.479 e. The van der Waals surface area contributed by atoms with E-state index in [0.29, 0.717) is 18.4 Å². The Morgan fingerprint density at radius 3 is 2.52 bits per heavy atom. The number of carbonyl (C=O) groups is 2. The van der Waals surface area contributed by atoms with E-state index in [0.717, 1.165) is 30.3 Å². The summed E-state index contributed by atoms with van der Waals surface area (Å²) in [6.07, 6.45) is 6.84. The average molecular weight is 344 g/mol. The van der Waals surface area contributed by atoms with Gasteiger partial charge in [0, 0.05) is 24.7 Å². The van der Waals surface area contributed by atoms with Crippen LogP contribution in [0.15, 0.2) is 18.5 Å². The monoisotopic (exact) mass is 344 g/mol. The molecular formula is C18H24N4O3. The van der Waals surface area contributed by atoms with Gasteiger partial charge < -0.3 is 10.0 Å². The summed E-state index contributed by atoms with van der Waals surface area (Å²) in [4.78, 5) is 30.6. The number of likely N-dealkylation sites (N-methyl/N-ethyl adjacent to an activating group) is 1. The van der Waals surface area contributed by atoms with E-state index in [9.17, 15) is 14.7 Å². The van der Waals surface area contributed by atoms with Gasteiger partial charge in [-0.15, -0.1) is 0 Å². The minimum atomic E-state index is -1.12. The van der Waals surface area contributed by atoms with Crippen LogP contribution in [0.25, 0.3) is 11.0 Å². The highest BCUT2D eigenvalue weighted by Crippen LogP contribution is 2.34. The summed E-state index contributed by atoms with van der Waals surface area (Å²) in [5, 5.41) is 14.9. The SMILES string of the molecule is CC(C)n1ncc2cc(C(=O)N(C)C3(C(=O)O)CCCCC3)cnc21. The Balaban J connectivity index is 1.94. The number of fused-ring (bicyclic) bond motifs is 1. The minimum Gasteiger partial charge on any atom is -0.479 e. The average Bonchev–Trinajstić information content (AvgIpc) is 3.04. The molecule has 0 radical (unpaired) electrons. The molecule has 1 aliphatic rings. The molecule has 2 aromatic rings. The highest BCUT2D eigenvalue weighted by Gasteiger charge is 2.45. The zero-order valence-electron chi connectivity index (χ0n) is 14.9. The lowest BCUT2D eigenvalue weighted by molar-refractivity contribution is -0.151. The molecule has 25 heavy (non-hydrogen) atoms. The third-order valence-corrected chi connectivity index (χ3v) is 5.19. The zero-order chi connectivity index (χ0) is 18.2. The fourth-order valence-electron chi connectivity index (χ4n) is 3.65. The van der Waals surface area contributed by atoms with Gasteiger partial charge in [-0.05, 0) is 32.8 Å². The number of carboxylic acids is 1. The number of hydrogen-bond acceptors (Lipinski definition) is 4. The molecule has 1 aliphatic carbocycles. The molecule has 0 aliphatic heterocycles. The van der Waals surface area contributed by atoms with E-state index >= 15 is 0 Å². The maximum absolute atomic E-state index is 12.9. The molecule has 1 fully saturated rings. The Kier molecular flexibility index (Phi) is 4.49. The van der Waals surface area contributed by atoms with Gasteiger partial charge in [0.1, 0.15) is 5.54 Å². The maximum Gasteiger partial charge on any atom is 0.329 e. The molecule has 1 amide bonds. The highest BCUT2D eigenvalue weighted by molar-refractivity contribution is 5.99. The van der Waals surface area contributed by atoms with Crippen molar-refractivity contribution in [2.24, 2.45) is 0 Å². The third-order valence-electron chi connectivity index (χ3n) is 5.19. The lowest BCUT2D eigenvalue weighted by Gasteiger charge is -2.41. The Hall–Kier alpha value is -2.44. The molecule has 2 heterocycles. The highest BCUT2D eigenvalue weighted by atomic mass is 16.4. The quantitative estimate of drug-likeness (QED) is 0.921. The molecule has 0 unspecified atom stereocenters. The lowest BCUT2D eigenvalue weighted by atomic mass is 9.80. The van der Waals surface area contributed by atoms with E-state index in [4.69, 9.17) is 0 Å². The van der Waals surface area contributed by atoms with Crippen molar-refractivity contribution in [1.29, 1.82) is 0 Å². The van der Waals surface area contributed by atoms with E-state index in [2.05, 4.69) is 10.1 Å². The summed E-state index contributed by atoms with van der Waals surface area (Å²) in [6.45, 7) is 4.03. The topological polar surface area (TPSA) is 88.3 Å². The normalized spacial score (nSPS) is 17.0. The van der Waals surface area contributed by atoms with Crippen LogP contribution in [-0.4, -0.2) is 49.2 Å². The van der Waals surface area contributed by atoms with E-state index < -0.39 is 11.5 Å². The Bertz CT molecular complexity index is 806. The zero-order valence-corrected chi connectivity index (χ0v) is 14.9. The third kappa shape index (κ3) is 2.88. The molecule has 0 aromatic carbocycles. The van der Waals surface area contributed by atoms with E-state index in [1.807, 2.05) is 13.8 Å². The molecule has 2 aromatic heterocycles. The van der Waals surface area contributed by atoms with Gasteiger partial charge in [0.05, 0.1) is 11.8 Å². The summed E-state index contributed by atoms with van der Waals surface area (Å²) in [5.41, 5.74) is -0.00353. The van der Waals surface area contributed by atoms with Gasteiger partial charge in [-0.3, -0.25) is 4.79 Å². The molecule has 134 valence electrons. The van der Waals surface area contributed by atoms with Crippen LogP contribution >= 0.6 is 0 Å². The second-order valence-corrected chi connectivity index (χ2v) is 7.08. The summed E-state index contributed by atoms with van der Waals surface area (Å²) >= 11 is 0. The van der Waals surface area contributed by atoms with Crippen LogP contribution in [0.4, 0.5) is 0 Å². The van der Waals surface area contributed by atoms with Crippen molar-refractivity contribution in [2.45, 2.75) is 57.5 Å². The smallest absolute Gasteiger partial charge is 0.329 e. The molecule has 0 atom stereocenters. The summed E-state index contributed by atoms with van der Waals surface area (Å²) in [5.74, 6) is -1.24. The van der Waals surface area contributed by atoms with Crippen molar-refractivity contribution >= 4 is 22.9 Å². The molecule has 0 saturated heterocycles. The number of nitrogens with zero attached hydrogens (tertiary/aromatic N) is 4. The Morgan fingerprint density at radius 1 is 1.24 bits per heavy atom. The summed E-state index contributed by atoms with van der Waals surface area (Å²) in [6, 6.07) is 1.91. The number of pyridine rings is 1. The fourth-order valence-corrected chi connectivity index (χ4v) is 3.65. The van der Waals surface area contributed by atoms with Crippen LogP contribution in [0, 0.1) is 0 Å². The summed E-state index contributed by atoms with van der Waals surface area (Å²) < 4.78 is 1.80. The van der Waals surface area contributed by atoms with Crippen LogP contribution in [0.1, 0.15) is 62.4 Å². The van der Waals surface area contributed by atoms with Crippen molar-refractivity contribution < 1.29 is 14.7 Å². The predicted molar refractivity (Wildman–Crippen MR) is 93.5 cm³/mol. The van der Waals surface area contributed by atoms with Gasteiger partial charge in [0.15, 0.2) is 5.65 Å². The number of amides is 1. The Morgan fingerprint density at radius 2 is 1.92 bits per heavy atom.